The Morgan fingerprint density at radius 3 is 2.68 bits per heavy atom. The van der Waals surface area contributed by atoms with E-state index in [9.17, 15) is 4.57 Å². The molecule has 168 valence electrons. The fourth-order valence-electron chi connectivity index (χ4n) is 4.95. The monoisotopic (exact) mass is 445 g/mol. The van der Waals surface area contributed by atoms with Crippen LogP contribution in [0.3, 0.4) is 0 Å². The maximum Gasteiger partial charge on any atom is 0.469 e. The van der Waals surface area contributed by atoms with Crippen molar-refractivity contribution in [3.8, 4) is 0 Å². The van der Waals surface area contributed by atoms with E-state index in [1.54, 1.807) is 0 Å². The maximum absolute atomic E-state index is 11.0. The van der Waals surface area contributed by atoms with E-state index in [0.29, 0.717) is 31.3 Å². The number of phosphoric ester groups is 1. The van der Waals surface area contributed by atoms with Crippen LogP contribution in [0.4, 0.5) is 0 Å². The minimum atomic E-state index is -4.49. The van der Waals surface area contributed by atoms with Crippen LogP contribution in [0, 0.1) is 5.92 Å². The molecule has 2 aliphatic rings. The highest BCUT2D eigenvalue weighted by Gasteiger charge is 2.38. The van der Waals surface area contributed by atoms with E-state index in [2.05, 4.69) is 30.3 Å². The summed E-state index contributed by atoms with van der Waals surface area (Å²) in [6, 6.07) is 17.0. The zero-order chi connectivity index (χ0) is 21.9. The average Bonchev–Trinajstić information content (AvgIpc) is 3.15. The summed E-state index contributed by atoms with van der Waals surface area (Å²) >= 11 is 0. The van der Waals surface area contributed by atoms with Gasteiger partial charge in [0.1, 0.15) is 0 Å². The van der Waals surface area contributed by atoms with Crippen molar-refractivity contribution in [3.05, 3.63) is 70.8 Å². The third-order valence-electron chi connectivity index (χ3n) is 6.66. The molecule has 0 bridgehead atoms. The highest BCUT2D eigenvalue weighted by Crippen LogP contribution is 2.44. The lowest BCUT2D eigenvalue weighted by atomic mass is 9.82. The number of benzene rings is 2. The summed E-state index contributed by atoms with van der Waals surface area (Å²) in [5, 5.41) is 0. The molecule has 0 amide bonds. The second-order valence-corrected chi connectivity index (χ2v) is 10.4. The molecule has 0 spiro atoms. The van der Waals surface area contributed by atoms with E-state index in [1.165, 1.54) is 22.3 Å². The quantitative estimate of drug-likeness (QED) is 0.529. The lowest BCUT2D eigenvalue weighted by Crippen LogP contribution is -2.41. The molecule has 0 unspecified atom stereocenters. The van der Waals surface area contributed by atoms with Crippen molar-refractivity contribution in [2.24, 2.45) is 11.7 Å². The van der Waals surface area contributed by atoms with E-state index in [0.717, 1.165) is 32.3 Å². The zero-order valence-electron chi connectivity index (χ0n) is 17.8. The Kier molecular flexibility index (Phi) is 6.97. The number of aryl methyl sites for hydroxylation is 1. The molecule has 0 aliphatic heterocycles. The molecule has 4 rings (SSSR count). The van der Waals surface area contributed by atoms with E-state index in [1.807, 2.05) is 18.2 Å². The van der Waals surface area contributed by atoms with Gasteiger partial charge in [0, 0.05) is 5.54 Å². The van der Waals surface area contributed by atoms with Crippen LogP contribution in [-0.2, 0) is 33.3 Å². The van der Waals surface area contributed by atoms with E-state index < -0.39 is 13.4 Å². The van der Waals surface area contributed by atoms with E-state index in [4.69, 9.17) is 24.8 Å². The van der Waals surface area contributed by atoms with Gasteiger partial charge in [0.05, 0.1) is 19.8 Å². The lowest BCUT2D eigenvalue weighted by molar-refractivity contribution is 0.0823. The van der Waals surface area contributed by atoms with Crippen molar-refractivity contribution in [1.29, 1.82) is 0 Å². The van der Waals surface area contributed by atoms with Gasteiger partial charge in [0.25, 0.3) is 0 Å². The number of nitrogens with two attached hydrogens (primary N) is 1. The predicted octanol–water partition coefficient (Wildman–Crippen LogP) is 4.08. The van der Waals surface area contributed by atoms with Crippen LogP contribution in [0.1, 0.15) is 53.9 Å². The third kappa shape index (κ3) is 6.26. The molecule has 4 N–H and O–H groups in total. The van der Waals surface area contributed by atoms with Gasteiger partial charge < -0.3 is 20.3 Å². The first-order valence-electron chi connectivity index (χ1n) is 11.0. The molecule has 0 heterocycles. The van der Waals surface area contributed by atoms with Crippen LogP contribution >= 0.6 is 7.82 Å². The molecular formula is C24H32NO5P. The number of rotatable bonds is 8. The summed E-state index contributed by atoms with van der Waals surface area (Å²) in [6.45, 7) is 1.34. The van der Waals surface area contributed by atoms with Gasteiger partial charge in [-0.1, -0.05) is 48.5 Å². The normalized spacial score (nSPS) is 26.0. The van der Waals surface area contributed by atoms with E-state index in [-0.39, 0.29) is 6.61 Å². The zero-order valence-corrected chi connectivity index (χ0v) is 18.7. The van der Waals surface area contributed by atoms with Gasteiger partial charge in [-0.15, -0.1) is 0 Å². The molecule has 2 aromatic rings. The third-order valence-corrected chi connectivity index (χ3v) is 7.13. The highest BCUT2D eigenvalue weighted by atomic mass is 31.2. The summed E-state index contributed by atoms with van der Waals surface area (Å²) in [6.07, 6.45) is 5.54. The van der Waals surface area contributed by atoms with Crippen LogP contribution in [0.15, 0.2) is 48.5 Å². The van der Waals surface area contributed by atoms with Gasteiger partial charge >= 0.3 is 7.82 Å². The predicted molar refractivity (Wildman–Crippen MR) is 120 cm³/mol. The number of hydrogen-bond donors (Lipinski definition) is 3. The second kappa shape index (κ2) is 9.53. The molecule has 31 heavy (non-hydrogen) atoms. The van der Waals surface area contributed by atoms with Gasteiger partial charge in [-0.25, -0.2) is 4.57 Å². The van der Waals surface area contributed by atoms with E-state index >= 15 is 0 Å². The Morgan fingerprint density at radius 1 is 1.10 bits per heavy atom. The average molecular weight is 445 g/mol. The first-order valence-corrected chi connectivity index (χ1v) is 12.6. The molecule has 7 heteroatoms. The second-order valence-electron chi connectivity index (χ2n) is 9.20. The first kappa shape index (κ1) is 22.7. The van der Waals surface area contributed by atoms with Gasteiger partial charge in [0.2, 0.25) is 0 Å². The largest absolute Gasteiger partial charge is 0.469 e. The van der Waals surface area contributed by atoms with Crippen LogP contribution in [-0.4, -0.2) is 28.5 Å². The standard InChI is InChI=1S/C24H32NO5P/c25-24(17-30-31(26,27)28)11-10-23(14-24)22-9-8-20-12-19(6-7-21(20)13-22)16-29-15-18-4-2-1-3-5-18/h1-5,8-9,13,19,23H,6-7,10-12,14-17,25H2,(H2,26,27,28)/t19-,23-,24+/m0/s1. The van der Waals surface area contributed by atoms with Gasteiger partial charge in [0.15, 0.2) is 0 Å². The Labute approximate surface area is 184 Å². The maximum atomic E-state index is 11.0. The summed E-state index contributed by atoms with van der Waals surface area (Å²) in [7, 11) is -4.49. The molecular weight excluding hydrogens is 413 g/mol. The number of fused-ring (bicyclic) bond motifs is 1. The lowest BCUT2D eigenvalue weighted by Gasteiger charge is -2.26. The minimum absolute atomic E-state index is 0.108. The van der Waals surface area contributed by atoms with Gasteiger partial charge in [-0.3, -0.25) is 4.52 Å². The van der Waals surface area contributed by atoms with Crippen LogP contribution in [0.25, 0.3) is 0 Å². The molecule has 2 aliphatic carbocycles. The molecule has 6 nitrogen and oxygen atoms in total. The van der Waals surface area contributed by atoms with Crippen LogP contribution < -0.4 is 5.73 Å². The van der Waals surface area contributed by atoms with Crippen LogP contribution in [0.2, 0.25) is 0 Å². The molecule has 0 saturated heterocycles. The van der Waals surface area contributed by atoms with Crippen molar-refractivity contribution in [3.63, 3.8) is 0 Å². The Bertz CT molecular complexity index is 931. The minimum Gasteiger partial charge on any atom is -0.376 e. The summed E-state index contributed by atoms with van der Waals surface area (Å²) in [4.78, 5) is 17.9. The van der Waals surface area contributed by atoms with Crippen molar-refractivity contribution >= 4 is 7.82 Å². The summed E-state index contributed by atoms with van der Waals surface area (Å²) in [5.41, 5.74) is 11.0. The van der Waals surface area contributed by atoms with Crippen molar-refractivity contribution in [1.82, 2.24) is 0 Å². The molecule has 0 aromatic heterocycles. The fraction of sp³-hybridized carbons (Fsp3) is 0.500. The Hall–Kier alpha value is -1.53. The molecule has 2 aromatic carbocycles. The van der Waals surface area contributed by atoms with Gasteiger partial charge in [-0.2, -0.15) is 0 Å². The Balaban J connectivity index is 1.30. The number of hydrogen-bond acceptors (Lipinski definition) is 4. The summed E-state index contributed by atoms with van der Waals surface area (Å²) < 4.78 is 21.7. The van der Waals surface area contributed by atoms with Gasteiger partial charge in [-0.05, 0) is 72.6 Å². The SMILES string of the molecule is N[C@]1(COP(=O)(O)O)CC[C@H](c2ccc3c(c2)CC[C@H](COCc2ccccc2)C3)C1. The summed E-state index contributed by atoms with van der Waals surface area (Å²) in [5.74, 6) is 0.859. The molecule has 0 radical (unpaired) electrons. The van der Waals surface area contributed by atoms with Crippen molar-refractivity contribution < 1.29 is 23.6 Å². The van der Waals surface area contributed by atoms with Crippen molar-refractivity contribution in [2.45, 2.75) is 56.6 Å². The first-order chi connectivity index (χ1) is 14.8. The highest BCUT2D eigenvalue weighted by molar-refractivity contribution is 7.46. The molecule has 1 saturated carbocycles. The topological polar surface area (TPSA) is 102 Å². The number of phosphoric acid groups is 1. The molecule has 3 atom stereocenters. The smallest absolute Gasteiger partial charge is 0.376 e. The van der Waals surface area contributed by atoms with Crippen molar-refractivity contribution in [2.75, 3.05) is 13.2 Å². The molecule has 1 fully saturated rings. The number of ether oxygens (including phenoxy) is 1. The fourth-order valence-corrected chi connectivity index (χ4v) is 5.37. The Morgan fingerprint density at radius 2 is 1.90 bits per heavy atom. The van der Waals surface area contributed by atoms with Crippen LogP contribution in [0.5, 0.6) is 0 Å².